The summed E-state index contributed by atoms with van der Waals surface area (Å²) < 4.78 is 6.98. The van der Waals surface area contributed by atoms with Gasteiger partial charge in [0.05, 0.1) is 12.4 Å². The number of carbonyl (C=O) groups is 1. The largest absolute Gasteiger partial charge is 0.497 e. The first kappa shape index (κ1) is 17.0. The Hall–Kier alpha value is -2.80. The summed E-state index contributed by atoms with van der Waals surface area (Å²) in [6, 6.07) is 17.0. The summed E-state index contributed by atoms with van der Waals surface area (Å²) in [4.78, 5) is 12.4. The van der Waals surface area contributed by atoms with Gasteiger partial charge in [-0.1, -0.05) is 30.0 Å². The Morgan fingerprint density at radius 2 is 1.88 bits per heavy atom. The molecule has 2 aromatic carbocycles. The van der Waals surface area contributed by atoms with Gasteiger partial charge in [-0.2, -0.15) is 0 Å². The normalized spacial score (nSPS) is 11.8. The van der Waals surface area contributed by atoms with Gasteiger partial charge in [-0.3, -0.25) is 9.36 Å². The summed E-state index contributed by atoms with van der Waals surface area (Å²) >= 11 is 1.36. The lowest BCUT2D eigenvalue weighted by molar-refractivity contribution is -0.115. The second kappa shape index (κ2) is 7.85. The Balaban J connectivity index is 1.67. The third-order valence-corrected chi connectivity index (χ3v) is 4.62. The number of rotatable bonds is 6. The molecule has 6 nitrogen and oxygen atoms in total. The molecule has 1 unspecified atom stereocenters. The molecule has 0 bridgehead atoms. The highest BCUT2D eigenvalue weighted by molar-refractivity contribution is 8.00. The number of nitrogens with zero attached hydrogens (tertiary/aromatic N) is 3. The van der Waals surface area contributed by atoms with E-state index in [1.54, 1.807) is 37.7 Å². The van der Waals surface area contributed by atoms with Crippen LogP contribution in [0.1, 0.15) is 6.92 Å². The molecule has 1 aromatic heterocycles. The summed E-state index contributed by atoms with van der Waals surface area (Å²) in [5, 5.41) is 11.3. The highest BCUT2D eigenvalue weighted by atomic mass is 32.2. The fraction of sp³-hybridized carbons (Fsp3) is 0.167. The van der Waals surface area contributed by atoms with Crippen molar-refractivity contribution in [1.82, 2.24) is 14.8 Å². The number of hydrogen-bond acceptors (Lipinski definition) is 5. The van der Waals surface area contributed by atoms with E-state index in [2.05, 4.69) is 15.5 Å². The van der Waals surface area contributed by atoms with Crippen molar-refractivity contribution in [3.8, 4) is 11.4 Å². The standard InChI is InChI=1S/C18H18N4O2S/c1-13(17(23)20-14-8-10-16(24-2)11-9-14)25-18-21-19-12-22(18)15-6-4-3-5-7-15/h3-13H,1-2H3,(H,20,23). The van der Waals surface area contributed by atoms with Crippen LogP contribution in [0.4, 0.5) is 5.69 Å². The maximum Gasteiger partial charge on any atom is 0.237 e. The van der Waals surface area contributed by atoms with Crippen LogP contribution in [-0.4, -0.2) is 33.0 Å². The Morgan fingerprint density at radius 1 is 1.16 bits per heavy atom. The van der Waals surface area contributed by atoms with Crippen LogP contribution in [0.3, 0.4) is 0 Å². The van der Waals surface area contributed by atoms with Crippen LogP contribution in [-0.2, 0) is 4.79 Å². The number of hydrogen-bond donors (Lipinski definition) is 1. The van der Waals surface area contributed by atoms with E-state index >= 15 is 0 Å². The molecule has 0 aliphatic carbocycles. The molecular weight excluding hydrogens is 336 g/mol. The summed E-state index contributed by atoms with van der Waals surface area (Å²) in [5.74, 6) is 0.647. The van der Waals surface area contributed by atoms with Crippen molar-refractivity contribution < 1.29 is 9.53 Å². The molecule has 1 atom stereocenters. The molecule has 0 aliphatic heterocycles. The van der Waals surface area contributed by atoms with Crippen molar-refractivity contribution in [2.45, 2.75) is 17.3 Å². The third kappa shape index (κ3) is 4.19. The molecule has 3 rings (SSSR count). The van der Waals surface area contributed by atoms with Gasteiger partial charge in [0.2, 0.25) is 5.91 Å². The SMILES string of the molecule is COc1ccc(NC(=O)C(C)Sc2nncn2-c2ccccc2)cc1. The fourth-order valence-corrected chi connectivity index (χ4v) is 3.04. The topological polar surface area (TPSA) is 69.0 Å². The molecule has 1 N–H and O–H groups in total. The molecule has 25 heavy (non-hydrogen) atoms. The van der Waals surface area contributed by atoms with E-state index in [0.29, 0.717) is 5.16 Å². The maximum atomic E-state index is 12.4. The minimum absolute atomic E-state index is 0.0993. The van der Waals surface area contributed by atoms with Crippen molar-refractivity contribution in [2.24, 2.45) is 0 Å². The van der Waals surface area contributed by atoms with E-state index in [4.69, 9.17) is 4.74 Å². The second-order valence-electron chi connectivity index (χ2n) is 5.30. The molecule has 0 saturated carbocycles. The average Bonchev–Trinajstić information content (AvgIpc) is 3.11. The molecule has 3 aromatic rings. The number of aromatic nitrogens is 3. The summed E-state index contributed by atoms with van der Waals surface area (Å²) in [7, 11) is 1.61. The highest BCUT2D eigenvalue weighted by Gasteiger charge is 2.18. The lowest BCUT2D eigenvalue weighted by Gasteiger charge is -2.12. The van der Waals surface area contributed by atoms with Gasteiger partial charge < -0.3 is 10.1 Å². The van der Waals surface area contributed by atoms with Gasteiger partial charge in [0.15, 0.2) is 5.16 Å². The van der Waals surface area contributed by atoms with Crippen molar-refractivity contribution in [3.63, 3.8) is 0 Å². The molecule has 0 radical (unpaired) electrons. The predicted octanol–water partition coefficient (Wildman–Crippen LogP) is 3.40. The Labute approximate surface area is 150 Å². The number of amides is 1. The molecule has 1 heterocycles. The molecule has 0 spiro atoms. The molecule has 128 valence electrons. The molecule has 0 aliphatic rings. The number of nitrogens with one attached hydrogen (secondary N) is 1. The lowest BCUT2D eigenvalue weighted by atomic mass is 10.3. The number of methoxy groups -OCH3 is 1. The summed E-state index contributed by atoms with van der Waals surface area (Å²) in [5.41, 5.74) is 1.68. The number of ether oxygens (including phenoxy) is 1. The van der Waals surface area contributed by atoms with Gasteiger partial charge in [0, 0.05) is 11.4 Å². The molecule has 0 fully saturated rings. The fourth-order valence-electron chi connectivity index (χ4n) is 2.20. The quantitative estimate of drug-likeness (QED) is 0.687. The average molecular weight is 354 g/mol. The molecular formula is C18H18N4O2S. The van der Waals surface area contributed by atoms with Crippen LogP contribution in [0.2, 0.25) is 0 Å². The van der Waals surface area contributed by atoms with Crippen molar-refractivity contribution in [2.75, 3.05) is 12.4 Å². The Morgan fingerprint density at radius 3 is 2.56 bits per heavy atom. The third-order valence-electron chi connectivity index (χ3n) is 3.56. The van der Waals surface area contributed by atoms with E-state index in [-0.39, 0.29) is 11.2 Å². The minimum atomic E-state index is -0.325. The number of benzene rings is 2. The molecule has 1 amide bonds. The van der Waals surface area contributed by atoms with E-state index in [9.17, 15) is 4.79 Å². The van der Waals surface area contributed by atoms with Crippen molar-refractivity contribution in [3.05, 3.63) is 60.9 Å². The van der Waals surface area contributed by atoms with Crippen LogP contribution in [0.5, 0.6) is 5.75 Å². The first-order valence-electron chi connectivity index (χ1n) is 7.74. The van der Waals surface area contributed by atoms with Gasteiger partial charge in [0.25, 0.3) is 0 Å². The lowest BCUT2D eigenvalue weighted by Crippen LogP contribution is -2.22. The van der Waals surface area contributed by atoms with Crippen molar-refractivity contribution in [1.29, 1.82) is 0 Å². The van der Waals surface area contributed by atoms with Gasteiger partial charge in [-0.25, -0.2) is 0 Å². The van der Waals surface area contributed by atoms with Gasteiger partial charge >= 0.3 is 0 Å². The zero-order valence-electron chi connectivity index (χ0n) is 13.9. The van der Waals surface area contributed by atoms with Crippen molar-refractivity contribution >= 4 is 23.4 Å². The van der Waals surface area contributed by atoms with Crippen LogP contribution < -0.4 is 10.1 Å². The number of carbonyl (C=O) groups excluding carboxylic acids is 1. The van der Waals surface area contributed by atoms with E-state index in [1.165, 1.54) is 11.8 Å². The number of thioether (sulfide) groups is 1. The van der Waals surface area contributed by atoms with Gasteiger partial charge in [-0.05, 0) is 43.3 Å². The summed E-state index contributed by atoms with van der Waals surface area (Å²) in [6.07, 6.45) is 1.64. The van der Waals surface area contributed by atoms with Crippen LogP contribution in [0, 0.1) is 0 Å². The Kier molecular flexibility index (Phi) is 5.35. The minimum Gasteiger partial charge on any atom is -0.497 e. The monoisotopic (exact) mass is 354 g/mol. The molecule has 0 saturated heterocycles. The first-order chi connectivity index (χ1) is 12.2. The molecule has 7 heteroatoms. The van der Waals surface area contributed by atoms with Gasteiger partial charge in [-0.15, -0.1) is 10.2 Å². The number of anilines is 1. The zero-order chi connectivity index (χ0) is 17.6. The van der Waals surface area contributed by atoms with Crippen LogP contribution in [0.15, 0.2) is 66.1 Å². The van der Waals surface area contributed by atoms with E-state index in [0.717, 1.165) is 17.1 Å². The first-order valence-corrected chi connectivity index (χ1v) is 8.62. The van der Waals surface area contributed by atoms with Crippen LogP contribution in [0.25, 0.3) is 5.69 Å². The predicted molar refractivity (Wildman–Crippen MR) is 98.3 cm³/mol. The van der Waals surface area contributed by atoms with E-state index < -0.39 is 0 Å². The zero-order valence-corrected chi connectivity index (χ0v) is 14.7. The summed E-state index contributed by atoms with van der Waals surface area (Å²) in [6.45, 7) is 1.84. The highest BCUT2D eigenvalue weighted by Crippen LogP contribution is 2.25. The Bertz CT molecular complexity index is 834. The van der Waals surface area contributed by atoms with Gasteiger partial charge in [0.1, 0.15) is 12.1 Å². The van der Waals surface area contributed by atoms with E-state index in [1.807, 2.05) is 41.8 Å². The smallest absolute Gasteiger partial charge is 0.237 e. The second-order valence-corrected chi connectivity index (χ2v) is 6.60. The maximum absolute atomic E-state index is 12.4. The number of para-hydroxylation sites is 1. The van der Waals surface area contributed by atoms with Crippen LogP contribution >= 0.6 is 11.8 Å².